The molecule has 0 fully saturated rings. The zero-order valence-corrected chi connectivity index (χ0v) is 18.8. The number of nitrogens with zero attached hydrogens (tertiary/aromatic N) is 3. The number of nitrogens with one attached hydrogen (secondary N) is 3. The van der Waals surface area contributed by atoms with Crippen molar-refractivity contribution in [3.8, 4) is 0 Å². The van der Waals surface area contributed by atoms with Crippen molar-refractivity contribution in [2.24, 2.45) is 0 Å². The van der Waals surface area contributed by atoms with Gasteiger partial charge in [-0.15, -0.1) is 0 Å². The molecule has 0 saturated heterocycles. The quantitative estimate of drug-likeness (QED) is 0.345. The SMILES string of the molecule is O=C(NCCc1cc2cc3nc(cc4ccc(cc5nc(cc1[nH]2)C=C5)[nH]4)C=C3)c1ccccn1. The summed E-state index contributed by atoms with van der Waals surface area (Å²) >= 11 is 0. The monoisotopic (exact) mass is 458 g/mol. The van der Waals surface area contributed by atoms with Crippen LogP contribution in [0.4, 0.5) is 0 Å². The van der Waals surface area contributed by atoms with Crippen LogP contribution in [0.15, 0.2) is 66.9 Å². The number of amides is 1. The van der Waals surface area contributed by atoms with Gasteiger partial charge in [0.2, 0.25) is 0 Å². The number of aromatic nitrogens is 5. The fourth-order valence-electron chi connectivity index (χ4n) is 4.18. The average molecular weight is 459 g/mol. The Morgan fingerprint density at radius 3 is 2.06 bits per heavy atom. The predicted molar refractivity (Wildman–Crippen MR) is 139 cm³/mol. The lowest BCUT2D eigenvalue weighted by Crippen LogP contribution is -2.26. The summed E-state index contributed by atoms with van der Waals surface area (Å²) in [4.78, 5) is 32.8. The largest absolute Gasteiger partial charge is 0.355 e. The number of rotatable bonds is 4. The summed E-state index contributed by atoms with van der Waals surface area (Å²) in [6, 6.07) is 19.6. The Hall–Kier alpha value is -4.78. The van der Waals surface area contributed by atoms with Gasteiger partial charge in [0.15, 0.2) is 0 Å². The van der Waals surface area contributed by atoms with Crippen molar-refractivity contribution < 1.29 is 4.79 Å². The highest BCUT2D eigenvalue weighted by atomic mass is 16.1. The number of carbonyl (C=O) groups excluding carboxylic acids is 1. The van der Waals surface area contributed by atoms with Gasteiger partial charge in [-0.3, -0.25) is 9.78 Å². The highest BCUT2D eigenvalue weighted by Crippen LogP contribution is 2.20. The lowest BCUT2D eigenvalue weighted by Gasteiger charge is -2.03. The minimum absolute atomic E-state index is 0.182. The normalized spacial score (nSPS) is 12.1. The molecule has 6 rings (SSSR count). The number of hydrogen-bond donors (Lipinski definition) is 3. The molecule has 4 aromatic rings. The second-order valence-electron chi connectivity index (χ2n) is 8.42. The first kappa shape index (κ1) is 20.8. The van der Waals surface area contributed by atoms with Gasteiger partial charge in [-0.05, 0) is 90.9 Å². The molecule has 3 N–H and O–H groups in total. The zero-order chi connectivity index (χ0) is 23.6. The van der Waals surface area contributed by atoms with E-state index in [9.17, 15) is 4.79 Å². The number of pyridine rings is 1. The van der Waals surface area contributed by atoms with Crippen molar-refractivity contribution in [1.29, 1.82) is 0 Å². The second kappa shape index (κ2) is 8.87. The molecular weight excluding hydrogens is 436 g/mol. The summed E-state index contributed by atoms with van der Waals surface area (Å²) in [6.07, 6.45) is 10.3. The molecule has 2 aliphatic rings. The molecule has 35 heavy (non-hydrogen) atoms. The van der Waals surface area contributed by atoms with E-state index in [2.05, 4.69) is 26.3 Å². The van der Waals surface area contributed by atoms with Gasteiger partial charge in [-0.1, -0.05) is 6.07 Å². The predicted octanol–water partition coefficient (Wildman–Crippen LogP) is 5.02. The second-order valence-corrected chi connectivity index (χ2v) is 8.42. The van der Waals surface area contributed by atoms with Crippen LogP contribution >= 0.6 is 0 Å². The van der Waals surface area contributed by atoms with Gasteiger partial charge in [0.25, 0.3) is 5.91 Å². The molecule has 170 valence electrons. The molecule has 0 saturated carbocycles. The third kappa shape index (κ3) is 4.65. The van der Waals surface area contributed by atoms with Crippen LogP contribution in [0.5, 0.6) is 0 Å². The molecule has 0 spiro atoms. The Morgan fingerprint density at radius 2 is 1.40 bits per heavy atom. The number of carbonyl (C=O) groups is 1. The van der Waals surface area contributed by atoms with Gasteiger partial charge in [0.1, 0.15) is 5.69 Å². The van der Waals surface area contributed by atoms with E-state index < -0.39 is 0 Å². The summed E-state index contributed by atoms with van der Waals surface area (Å²) < 4.78 is 0. The van der Waals surface area contributed by atoms with Crippen LogP contribution in [0.2, 0.25) is 0 Å². The van der Waals surface area contributed by atoms with Gasteiger partial charge in [0, 0.05) is 34.8 Å². The Bertz CT molecular complexity index is 1640. The van der Waals surface area contributed by atoms with Crippen molar-refractivity contribution in [3.63, 3.8) is 0 Å². The number of aromatic amines is 2. The van der Waals surface area contributed by atoms with Crippen molar-refractivity contribution in [2.45, 2.75) is 6.42 Å². The molecule has 0 aromatic carbocycles. The van der Waals surface area contributed by atoms with E-state index >= 15 is 0 Å². The third-order valence-corrected chi connectivity index (χ3v) is 5.83. The maximum atomic E-state index is 12.4. The number of H-pyrrole nitrogens is 2. The Labute approximate surface area is 201 Å². The number of hydrogen-bond acceptors (Lipinski definition) is 4. The van der Waals surface area contributed by atoms with Crippen LogP contribution in [0, 0.1) is 0 Å². The molecule has 7 nitrogen and oxygen atoms in total. The van der Waals surface area contributed by atoms with Gasteiger partial charge < -0.3 is 15.3 Å². The van der Waals surface area contributed by atoms with E-state index in [1.807, 2.05) is 60.7 Å². The highest BCUT2D eigenvalue weighted by Gasteiger charge is 2.08. The molecule has 8 bridgehead atoms. The topological polar surface area (TPSA) is 99.4 Å². The van der Waals surface area contributed by atoms with Gasteiger partial charge in [0.05, 0.1) is 22.8 Å². The van der Waals surface area contributed by atoms with Crippen LogP contribution in [0.3, 0.4) is 0 Å². The number of fused-ring (bicyclic) bond motifs is 8. The third-order valence-electron chi connectivity index (χ3n) is 5.83. The summed E-state index contributed by atoms with van der Waals surface area (Å²) in [6.45, 7) is 0.490. The van der Waals surface area contributed by atoms with Crippen molar-refractivity contribution in [3.05, 3.63) is 101 Å². The first-order valence-corrected chi connectivity index (χ1v) is 11.4. The van der Waals surface area contributed by atoms with E-state index in [4.69, 9.17) is 9.97 Å². The summed E-state index contributed by atoms with van der Waals surface area (Å²) in [5.41, 5.74) is 8.88. The first-order chi connectivity index (χ1) is 17.2. The van der Waals surface area contributed by atoms with E-state index in [1.54, 1.807) is 24.4 Å². The summed E-state index contributed by atoms with van der Waals surface area (Å²) in [7, 11) is 0. The Kier molecular flexibility index (Phi) is 5.27. The molecular formula is C28H22N6O. The average Bonchev–Trinajstić information content (AvgIpc) is 3.65. The van der Waals surface area contributed by atoms with Crippen LogP contribution in [0.1, 0.15) is 38.8 Å². The van der Waals surface area contributed by atoms with Crippen LogP contribution < -0.4 is 5.32 Å². The molecule has 0 aliphatic carbocycles. The lowest BCUT2D eigenvalue weighted by molar-refractivity contribution is 0.0949. The molecule has 1 amide bonds. The molecule has 6 heterocycles. The molecule has 0 radical (unpaired) electrons. The van der Waals surface area contributed by atoms with Crippen LogP contribution in [-0.2, 0) is 6.42 Å². The van der Waals surface area contributed by atoms with E-state index in [0.29, 0.717) is 18.7 Å². The fraction of sp³-hybridized carbons (Fsp3) is 0.0714. The maximum absolute atomic E-state index is 12.4. The van der Waals surface area contributed by atoms with Crippen molar-refractivity contribution >= 4 is 52.3 Å². The minimum atomic E-state index is -0.182. The van der Waals surface area contributed by atoms with E-state index in [-0.39, 0.29) is 5.91 Å². The van der Waals surface area contributed by atoms with Crippen LogP contribution in [0.25, 0.3) is 46.4 Å². The van der Waals surface area contributed by atoms with Gasteiger partial charge >= 0.3 is 0 Å². The van der Waals surface area contributed by atoms with Gasteiger partial charge in [-0.2, -0.15) is 0 Å². The molecule has 4 aromatic heterocycles. The fourth-order valence-corrected chi connectivity index (χ4v) is 4.18. The molecule has 0 unspecified atom stereocenters. The first-order valence-electron chi connectivity index (χ1n) is 11.4. The molecule has 0 atom stereocenters. The minimum Gasteiger partial charge on any atom is -0.355 e. The van der Waals surface area contributed by atoms with E-state index in [0.717, 1.165) is 50.4 Å². The maximum Gasteiger partial charge on any atom is 0.269 e. The highest BCUT2D eigenvalue weighted by molar-refractivity contribution is 5.92. The molecule has 7 heteroatoms. The smallest absolute Gasteiger partial charge is 0.269 e. The van der Waals surface area contributed by atoms with Gasteiger partial charge in [-0.25, -0.2) is 9.97 Å². The Morgan fingerprint density at radius 1 is 0.743 bits per heavy atom. The standard InChI is InChI=1S/C28H22N6O/c35-28(26-3-1-2-11-29-26)30-12-10-18-13-25-16-23-7-6-21(32-23)14-19-4-5-20(31-19)15-22-8-9-24(33-22)17-27(18)34-25/h1-9,11,13-17,31,34H,10,12H2,(H,30,35). The zero-order valence-electron chi connectivity index (χ0n) is 18.8. The van der Waals surface area contributed by atoms with Crippen molar-refractivity contribution in [2.75, 3.05) is 6.54 Å². The summed E-state index contributed by atoms with van der Waals surface area (Å²) in [5, 5.41) is 2.96. The van der Waals surface area contributed by atoms with E-state index in [1.165, 1.54) is 0 Å². The van der Waals surface area contributed by atoms with Crippen LogP contribution in [-0.4, -0.2) is 37.4 Å². The van der Waals surface area contributed by atoms with Crippen molar-refractivity contribution in [1.82, 2.24) is 30.2 Å². The molecule has 2 aliphatic heterocycles. The Balaban J connectivity index is 1.39. The lowest BCUT2D eigenvalue weighted by atomic mass is 10.2. The summed E-state index contributed by atoms with van der Waals surface area (Å²) in [5.74, 6) is -0.182.